The van der Waals surface area contributed by atoms with Crippen LogP contribution in [0.5, 0.6) is 0 Å². The maximum absolute atomic E-state index is 13.1. The van der Waals surface area contributed by atoms with Crippen LogP contribution >= 0.6 is 11.6 Å². The molecule has 30 heavy (non-hydrogen) atoms. The van der Waals surface area contributed by atoms with E-state index in [1.807, 2.05) is 60.0 Å². The summed E-state index contributed by atoms with van der Waals surface area (Å²) in [7, 11) is 1.62. The molecule has 1 amide bonds. The minimum atomic E-state index is -0.506. The minimum Gasteiger partial charge on any atom is -0.354 e. The molecule has 0 aliphatic carbocycles. The number of rotatable bonds is 6. The van der Waals surface area contributed by atoms with Gasteiger partial charge >= 0.3 is 0 Å². The van der Waals surface area contributed by atoms with Gasteiger partial charge in [0.25, 0.3) is 5.56 Å². The highest BCUT2D eigenvalue weighted by atomic mass is 35.5. The Morgan fingerprint density at radius 2 is 1.87 bits per heavy atom. The summed E-state index contributed by atoms with van der Waals surface area (Å²) in [5, 5.41) is 9.56. The van der Waals surface area contributed by atoms with Crippen LogP contribution in [0, 0.1) is 0 Å². The van der Waals surface area contributed by atoms with Crippen molar-refractivity contribution < 1.29 is 4.79 Å². The third-order valence-corrected chi connectivity index (χ3v) is 5.83. The van der Waals surface area contributed by atoms with Crippen LogP contribution in [0.4, 0.5) is 0 Å². The molecule has 0 radical (unpaired) electrons. The lowest BCUT2D eigenvalue weighted by Gasteiger charge is -2.19. The van der Waals surface area contributed by atoms with Crippen molar-refractivity contribution in [3.63, 3.8) is 0 Å². The standard InChI is InChI=1S/C23H23ClN4O2/c1-3-19(22(29)25-13-12-15-8-4-6-10-18(15)24)28-20-11-7-5-9-16(20)17-14-26-27(2)23(30)21(17)28/h4-11,14,19H,3,12-13H2,1-2H3,(H,25,29)/t19-/m0/s1. The number of fused-ring (bicyclic) bond motifs is 3. The lowest BCUT2D eigenvalue weighted by Crippen LogP contribution is -2.34. The topological polar surface area (TPSA) is 68.9 Å². The van der Waals surface area contributed by atoms with Crippen molar-refractivity contribution in [2.45, 2.75) is 25.8 Å². The van der Waals surface area contributed by atoms with Gasteiger partial charge in [-0.2, -0.15) is 5.10 Å². The number of benzene rings is 2. The molecule has 1 N–H and O–H groups in total. The fourth-order valence-electron chi connectivity index (χ4n) is 3.94. The maximum atomic E-state index is 13.1. The molecule has 0 aliphatic heterocycles. The van der Waals surface area contributed by atoms with Gasteiger partial charge in [0.1, 0.15) is 11.6 Å². The maximum Gasteiger partial charge on any atom is 0.291 e. The molecular formula is C23H23ClN4O2. The Labute approximate surface area is 179 Å². The summed E-state index contributed by atoms with van der Waals surface area (Å²) < 4.78 is 3.17. The molecule has 0 spiro atoms. The van der Waals surface area contributed by atoms with Crippen LogP contribution in [0.25, 0.3) is 21.8 Å². The largest absolute Gasteiger partial charge is 0.354 e. The highest BCUT2D eigenvalue weighted by Crippen LogP contribution is 2.30. The summed E-state index contributed by atoms with van der Waals surface area (Å²) in [6.45, 7) is 2.42. The molecule has 0 saturated carbocycles. The van der Waals surface area contributed by atoms with Crippen LogP contribution in [-0.2, 0) is 18.3 Å². The summed E-state index contributed by atoms with van der Waals surface area (Å²) >= 11 is 6.21. The minimum absolute atomic E-state index is 0.119. The third-order valence-electron chi connectivity index (χ3n) is 5.46. The van der Waals surface area contributed by atoms with E-state index in [0.29, 0.717) is 29.9 Å². The van der Waals surface area contributed by atoms with Crippen LogP contribution in [-0.4, -0.2) is 26.8 Å². The van der Waals surface area contributed by atoms with Gasteiger partial charge in [0.2, 0.25) is 5.91 Å². The molecule has 2 heterocycles. The Hall–Kier alpha value is -3.12. The van der Waals surface area contributed by atoms with Crippen molar-refractivity contribution in [3.8, 4) is 0 Å². The first-order valence-corrected chi connectivity index (χ1v) is 10.4. The monoisotopic (exact) mass is 422 g/mol. The summed E-state index contributed by atoms with van der Waals surface area (Å²) in [6.07, 6.45) is 2.88. The number of hydrogen-bond donors (Lipinski definition) is 1. The van der Waals surface area contributed by atoms with Crippen molar-refractivity contribution in [2.24, 2.45) is 7.05 Å². The summed E-state index contributed by atoms with van der Waals surface area (Å²) in [6, 6.07) is 14.8. The number of aryl methyl sites for hydroxylation is 1. The number of para-hydroxylation sites is 1. The molecular weight excluding hydrogens is 400 g/mol. The van der Waals surface area contributed by atoms with E-state index in [0.717, 1.165) is 21.9 Å². The third kappa shape index (κ3) is 3.48. The Morgan fingerprint density at radius 3 is 2.63 bits per heavy atom. The quantitative estimate of drug-likeness (QED) is 0.513. The van der Waals surface area contributed by atoms with Gasteiger partial charge in [0.05, 0.1) is 11.7 Å². The smallest absolute Gasteiger partial charge is 0.291 e. The average Bonchev–Trinajstić information content (AvgIpc) is 3.08. The first-order chi connectivity index (χ1) is 14.5. The normalized spacial score (nSPS) is 12.4. The van der Waals surface area contributed by atoms with E-state index >= 15 is 0 Å². The number of halogens is 1. The zero-order valence-corrected chi connectivity index (χ0v) is 17.7. The van der Waals surface area contributed by atoms with Gasteiger partial charge in [-0.15, -0.1) is 0 Å². The van der Waals surface area contributed by atoms with Crippen molar-refractivity contribution in [1.82, 2.24) is 19.7 Å². The first-order valence-electron chi connectivity index (χ1n) is 9.99. The van der Waals surface area contributed by atoms with E-state index in [2.05, 4.69) is 10.4 Å². The number of nitrogens with one attached hydrogen (secondary N) is 1. The second-order valence-corrected chi connectivity index (χ2v) is 7.69. The predicted octanol–water partition coefficient (Wildman–Crippen LogP) is 3.85. The lowest BCUT2D eigenvalue weighted by atomic mass is 10.1. The van der Waals surface area contributed by atoms with Gasteiger partial charge in [-0.3, -0.25) is 9.59 Å². The Balaban J connectivity index is 1.70. The van der Waals surface area contributed by atoms with Crippen LogP contribution in [0.1, 0.15) is 24.9 Å². The molecule has 2 aromatic heterocycles. The van der Waals surface area contributed by atoms with E-state index < -0.39 is 6.04 Å². The second kappa shape index (κ2) is 8.32. The van der Waals surface area contributed by atoms with Gasteiger partial charge in [-0.05, 0) is 30.5 Å². The molecule has 2 aromatic carbocycles. The highest BCUT2D eigenvalue weighted by Gasteiger charge is 2.25. The van der Waals surface area contributed by atoms with Crippen molar-refractivity contribution in [1.29, 1.82) is 0 Å². The molecule has 0 unspecified atom stereocenters. The molecule has 0 fully saturated rings. The van der Waals surface area contributed by atoms with Gasteiger partial charge < -0.3 is 9.88 Å². The number of nitrogens with zero attached hydrogens (tertiary/aromatic N) is 3. The predicted molar refractivity (Wildman–Crippen MR) is 120 cm³/mol. The van der Waals surface area contributed by atoms with Crippen LogP contribution in [0.2, 0.25) is 5.02 Å². The van der Waals surface area contributed by atoms with Gasteiger partial charge in [-0.1, -0.05) is 54.9 Å². The van der Waals surface area contributed by atoms with Crippen LogP contribution < -0.4 is 10.9 Å². The molecule has 0 aliphatic rings. The highest BCUT2D eigenvalue weighted by molar-refractivity contribution is 6.31. The zero-order chi connectivity index (χ0) is 21.3. The molecule has 1 atom stereocenters. The molecule has 4 rings (SSSR count). The van der Waals surface area contributed by atoms with E-state index in [-0.39, 0.29) is 11.5 Å². The Kier molecular flexibility index (Phi) is 5.59. The lowest BCUT2D eigenvalue weighted by molar-refractivity contribution is -0.124. The van der Waals surface area contributed by atoms with Gasteiger partial charge in [0, 0.05) is 29.4 Å². The summed E-state index contributed by atoms with van der Waals surface area (Å²) in [4.78, 5) is 26.1. The van der Waals surface area contributed by atoms with Crippen molar-refractivity contribution in [3.05, 3.63) is 75.7 Å². The fourth-order valence-corrected chi connectivity index (χ4v) is 4.17. The van der Waals surface area contributed by atoms with Crippen LogP contribution in [0.15, 0.2) is 59.5 Å². The molecule has 0 bridgehead atoms. The van der Waals surface area contributed by atoms with Gasteiger partial charge in [0.15, 0.2) is 0 Å². The Morgan fingerprint density at radius 1 is 1.13 bits per heavy atom. The number of carbonyl (C=O) groups excluding carboxylic acids is 1. The van der Waals surface area contributed by atoms with Gasteiger partial charge in [-0.25, -0.2) is 4.68 Å². The molecule has 6 nitrogen and oxygen atoms in total. The summed E-state index contributed by atoms with van der Waals surface area (Å²) in [5.41, 5.74) is 2.13. The van der Waals surface area contributed by atoms with E-state index in [4.69, 9.17) is 11.6 Å². The van der Waals surface area contributed by atoms with Crippen molar-refractivity contribution in [2.75, 3.05) is 6.54 Å². The zero-order valence-electron chi connectivity index (χ0n) is 16.9. The van der Waals surface area contributed by atoms with E-state index in [1.165, 1.54) is 4.68 Å². The molecule has 7 heteroatoms. The molecule has 0 saturated heterocycles. The molecule has 4 aromatic rings. The number of carbonyl (C=O) groups is 1. The first kappa shape index (κ1) is 20.2. The summed E-state index contributed by atoms with van der Waals surface area (Å²) in [5.74, 6) is -0.119. The van der Waals surface area contributed by atoms with Crippen molar-refractivity contribution >= 4 is 39.3 Å². The fraction of sp³-hybridized carbons (Fsp3) is 0.261. The van der Waals surface area contributed by atoms with E-state index in [1.54, 1.807) is 13.2 Å². The SMILES string of the molecule is CC[C@@H](C(=O)NCCc1ccccc1Cl)n1c2ccccc2c2cnn(C)c(=O)c21. The van der Waals surface area contributed by atoms with Crippen LogP contribution in [0.3, 0.4) is 0 Å². The number of aromatic nitrogens is 3. The number of hydrogen-bond acceptors (Lipinski definition) is 3. The number of amides is 1. The Bertz CT molecular complexity index is 1290. The van der Waals surface area contributed by atoms with E-state index in [9.17, 15) is 9.59 Å². The average molecular weight is 423 g/mol. The molecule has 154 valence electrons. The second-order valence-electron chi connectivity index (χ2n) is 7.28.